The van der Waals surface area contributed by atoms with E-state index in [9.17, 15) is 4.39 Å². The van der Waals surface area contributed by atoms with Crippen LogP contribution in [0.3, 0.4) is 0 Å². The third kappa shape index (κ3) is 3.94. The number of hydrogen-bond donors (Lipinski definition) is 1. The van der Waals surface area contributed by atoms with Crippen LogP contribution in [-0.4, -0.2) is 29.6 Å². The molecule has 1 fully saturated rings. The first-order chi connectivity index (χ1) is 9.41. The topological polar surface area (TPSA) is 15.3 Å². The largest absolute Gasteiger partial charge is 0.309 e. The van der Waals surface area contributed by atoms with E-state index in [0.29, 0.717) is 6.04 Å². The minimum atomic E-state index is -0.328. The SMILES string of the molecule is CCCC1CNC(C)(C)CN1Cc1ccc(Cl)c(F)c1. The minimum Gasteiger partial charge on any atom is -0.309 e. The highest BCUT2D eigenvalue weighted by atomic mass is 35.5. The lowest BCUT2D eigenvalue weighted by Crippen LogP contribution is -2.61. The van der Waals surface area contributed by atoms with E-state index in [0.717, 1.165) is 31.6 Å². The molecule has 20 heavy (non-hydrogen) atoms. The van der Waals surface area contributed by atoms with Crippen molar-refractivity contribution in [1.29, 1.82) is 0 Å². The molecule has 1 atom stereocenters. The fourth-order valence-electron chi connectivity index (χ4n) is 2.89. The number of halogens is 2. The van der Waals surface area contributed by atoms with Gasteiger partial charge in [-0.3, -0.25) is 4.90 Å². The molecule has 1 unspecified atom stereocenters. The van der Waals surface area contributed by atoms with Crippen LogP contribution >= 0.6 is 11.6 Å². The Morgan fingerprint density at radius 1 is 1.45 bits per heavy atom. The van der Waals surface area contributed by atoms with Gasteiger partial charge in [0.2, 0.25) is 0 Å². The summed E-state index contributed by atoms with van der Waals surface area (Å²) in [6, 6.07) is 5.64. The van der Waals surface area contributed by atoms with Crippen molar-refractivity contribution in [2.24, 2.45) is 0 Å². The first-order valence-electron chi connectivity index (χ1n) is 7.34. The Bertz CT molecular complexity index is 462. The van der Waals surface area contributed by atoms with Crippen molar-refractivity contribution in [2.75, 3.05) is 13.1 Å². The molecule has 1 heterocycles. The summed E-state index contributed by atoms with van der Waals surface area (Å²) in [7, 11) is 0. The van der Waals surface area contributed by atoms with E-state index in [4.69, 9.17) is 11.6 Å². The highest BCUT2D eigenvalue weighted by Gasteiger charge is 2.31. The first kappa shape index (κ1) is 15.7. The molecule has 1 aliphatic rings. The molecule has 0 bridgehead atoms. The van der Waals surface area contributed by atoms with Gasteiger partial charge in [0.15, 0.2) is 0 Å². The lowest BCUT2D eigenvalue weighted by molar-refractivity contribution is 0.0826. The zero-order valence-electron chi connectivity index (χ0n) is 12.5. The third-order valence-corrected chi connectivity index (χ3v) is 4.23. The summed E-state index contributed by atoms with van der Waals surface area (Å²) in [5.74, 6) is -0.328. The van der Waals surface area contributed by atoms with Gasteiger partial charge in [-0.1, -0.05) is 31.0 Å². The highest BCUT2D eigenvalue weighted by molar-refractivity contribution is 6.30. The summed E-state index contributed by atoms with van der Waals surface area (Å²) in [5, 5.41) is 3.79. The van der Waals surface area contributed by atoms with Gasteiger partial charge in [-0.15, -0.1) is 0 Å². The van der Waals surface area contributed by atoms with Crippen molar-refractivity contribution in [1.82, 2.24) is 10.2 Å². The van der Waals surface area contributed by atoms with Crippen molar-refractivity contribution < 1.29 is 4.39 Å². The maximum atomic E-state index is 13.6. The normalized spacial score (nSPS) is 22.9. The molecule has 1 aromatic carbocycles. The van der Waals surface area contributed by atoms with Crippen molar-refractivity contribution in [2.45, 2.75) is 51.7 Å². The average Bonchev–Trinajstić information content (AvgIpc) is 2.37. The summed E-state index contributed by atoms with van der Waals surface area (Å²) >= 11 is 5.75. The molecule has 2 nitrogen and oxygen atoms in total. The van der Waals surface area contributed by atoms with Crippen LogP contribution in [0.15, 0.2) is 18.2 Å². The van der Waals surface area contributed by atoms with Crippen LogP contribution in [0.1, 0.15) is 39.2 Å². The third-order valence-electron chi connectivity index (χ3n) is 3.92. The number of nitrogens with zero attached hydrogens (tertiary/aromatic N) is 1. The molecule has 0 aliphatic carbocycles. The van der Waals surface area contributed by atoms with Crippen molar-refractivity contribution in [3.63, 3.8) is 0 Å². The Labute approximate surface area is 126 Å². The average molecular weight is 299 g/mol. The molecule has 0 amide bonds. The van der Waals surface area contributed by atoms with Crippen LogP contribution in [0.4, 0.5) is 4.39 Å². The van der Waals surface area contributed by atoms with E-state index in [2.05, 4.69) is 31.0 Å². The lowest BCUT2D eigenvalue weighted by Gasteiger charge is -2.44. The second-order valence-corrected chi connectivity index (χ2v) is 6.77. The van der Waals surface area contributed by atoms with Crippen LogP contribution in [0.5, 0.6) is 0 Å². The van der Waals surface area contributed by atoms with Crippen molar-refractivity contribution in [3.05, 3.63) is 34.6 Å². The number of nitrogens with one attached hydrogen (secondary N) is 1. The summed E-state index contributed by atoms with van der Waals surface area (Å²) < 4.78 is 13.6. The molecule has 1 aromatic rings. The monoisotopic (exact) mass is 298 g/mol. The first-order valence-corrected chi connectivity index (χ1v) is 7.72. The molecule has 112 valence electrons. The smallest absolute Gasteiger partial charge is 0.142 e. The van der Waals surface area contributed by atoms with Gasteiger partial charge in [0, 0.05) is 31.2 Å². The predicted octanol–water partition coefficient (Wildman–Crippen LogP) is 3.83. The summed E-state index contributed by atoms with van der Waals surface area (Å²) in [5.41, 5.74) is 1.10. The highest BCUT2D eigenvalue weighted by Crippen LogP contribution is 2.22. The Hall–Kier alpha value is -0.640. The van der Waals surface area contributed by atoms with Crippen LogP contribution in [0.25, 0.3) is 0 Å². The molecular formula is C16H24ClFN2. The maximum Gasteiger partial charge on any atom is 0.142 e. The van der Waals surface area contributed by atoms with Gasteiger partial charge < -0.3 is 5.32 Å². The number of hydrogen-bond acceptors (Lipinski definition) is 2. The van der Waals surface area contributed by atoms with Crippen LogP contribution in [0, 0.1) is 5.82 Å². The molecule has 1 aliphatic heterocycles. The molecule has 1 saturated heterocycles. The van der Waals surface area contributed by atoms with Gasteiger partial charge in [-0.05, 0) is 38.0 Å². The van der Waals surface area contributed by atoms with Gasteiger partial charge in [0.05, 0.1) is 5.02 Å². The predicted molar refractivity (Wildman–Crippen MR) is 82.6 cm³/mol. The zero-order valence-corrected chi connectivity index (χ0v) is 13.3. The summed E-state index contributed by atoms with van der Waals surface area (Å²) in [6.45, 7) is 9.39. The van der Waals surface area contributed by atoms with Crippen LogP contribution < -0.4 is 5.32 Å². The van der Waals surface area contributed by atoms with Crippen LogP contribution in [-0.2, 0) is 6.54 Å². The number of piperazine rings is 1. The summed E-state index contributed by atoms with van der Waals surface area (Å²) in [4.78, 5) is 2.46. The van der Waals surface area contributed by atoms with Gasteiger partial charge in [0.25, 0.3) is 0 Å². The molecule has 2 rings (SSSR count). The van der Waals surface area contributed by atoms with E-state index in [1.54, 1.807) is 12.1 Å². The Kier molecular flexibility index (Phi) is 5.05. The minimum absolute atomic E-state index is 0.106. The van der Waals surface area contributed by atoms with Crippen LogP contribution in [0.2, 0.25) is 5.02 Å². The van der Waals surface area contributed by atoms with Crippen molar-refractivity contribution >= 4 is 11.6 Å². The Balaban J connectivity index is 2.11. The van der Waals surface area contributed by atoms with E-state index >= 15 is 0 Å². The summed E-state index contributed by atoms with van der Waals surface area (Å²) in [6.07, 6.45) is 2.33. The molecule has 4 heteroatoms. The second-order valence-electron chi connectivity index (χ2n) is 6.36. The van der Waals surface area contributed by atoms with Gasteiger partial charge in [-0.2, -0.15) is 0 Å². The molecule has 1 N–H and O–H groups in total. The standard InChI is InChI=1S/C16H24ClFN2/c1-4-5-13-9-19-16(2,3)11-20(13)10-12-6-7-14(17)15(18)8-12/h6-8,13,19H,4-5,9-11H2,1-3H3. The Morgan fingerprint density at radius 2 is 2.20 bits per heavy atom. The van der Waals surface area contributed by atoms with E-state index in [1.165, 1.54) is 6.42 Å². The maximum absolute atomic E-state index is 13.6. The van der Waals surface area contributed by atoms with E-state index in [1.807, 2.05) is 6.07 Å². The van der Waals surface area contributed by atoms with Gasteiger partial charge in [0.1, 0.15) is 5.82 Å². The molecule has 0 radical (unpaired) electrons. The quantitative estimate of drug-likeness (QED) is 0.909. The Morgan fingerprint density at radius 3 is 2.85 bits per heavy atom. The fraction of sp³-hybridized carbons (Fsp3) is 0.625. The van der Waals surface area contributed by atoms with Gasteiger partial charge >= 0.3 is 0 Å². The van der Waals surface area contributed by atoms with Crippen molar-refractivity contribution in [3.8, 4) is 0 Å². The molecule has 0 saturated carbocycles. The molecular weight excluding hydrogens is 275 g/mol. The number of rotatable bonds is 4. The van der Waals surface area contributed by atoms with E-state index in [-0.39, 0.29) is 16.4 Å². The zero-order chi connectivity index (χ0) is 14.8. The molecule has 0 spiro atoms. The lowest BCUT2D eigenvalue weighted by atomic mass is 9.96. The molecule has 0 aromatic heterocycles. The fourth-order valence-corrected chi connectivity index (χ4v) is 3.01. The van der Waals surface area contributed by atoms with E-state index < -0.39 is 0 Å². The van der Waals surface area contributed by atoms with Gasteiger partial charge in [-0.25, -0.2) is 4.39 Å². The second kappa shape index (κ2) is 6.42. The number of benzene rings is 1.